The van der Waals surface area contributed by atoms with Gasteiger partial charge in [-0.05, 0) is 42.0 Å². The maximum atomic E-state index is 12.2. The van der Waals surface area contributed by atoms with Crippen LogP contribution in [0.3, 0.4) is 0 Å². The molecule has 0 saturated carbocycles. The summed E-state index contributed by atoms with van der Waals surface area (Å²) in [6, 6.07) is 13.0. The van der Waals surface area contributed by atoms with E-state index in [9.17, 15) is 4.79 Å². The van der Waals surface area contributed by atoms with Crippen LogP contribution in [0.15, 0.2) is 67.3 Å². The second-order valence-electron chi connectivity index (χ2n) is 4.54. The van der Waals surface area contributed by atoms with Crippen molar-refractivity contribution in [1.29, 1.82) is 0 Å². The van der Waals surface area contributed by atoms with E-state index in [2.05, 4.69) is 15.4 Å². The summed E-state index contributed by atoms with van der Waals surface area (Å²) >= 11 is 0. The predicted molar refractivity (Wildman–Crippen MR) is 79.0 cm³/mol. The molecule has 2 aromatic heterocycles. The number of hydrogen-bond donors (Lipinski definition) is 1. The summed E-state index contributed by atoms with van der Waals surface area (Å²) in [6.45, 7) is 0.480. The molecule has 0 atom stereocenters. The number of nitrogens with one attached hydrogen (secondary N) is 1. The quantitative estimate of drug-likeness (QED) is 0.796. The Kier molecular flexibility index (Phi) is 3.73. The van der Waals surface area contributed by atoms with Crippen LogP contribution in [0.2, 0.25) is 0 Å². The molecule has 5 nitrogen and oxygen atoms in total. The third-order valence-electron chi connectivity index (χ3n) is 3.08. The van der Waals surface area contributed by atoms with Crippen molar-refractivity contribution in [2.75, 3.05) is 0 Å². The maximum absolute atomic E-state index is 12.2. The molecule has 0 spiro atoms. The van der Waals surface area contributed by atoms with Gasteiger partial charge in [0.15, 0.2) is 0 Å². The Hall–Kier alpha value is -2.95. The molecule has 5 heteroatoms. The monoisotopic (exact) mass is 278 g/mol. The Morgan fingerprint density at radius 3 is 2.71 bits per heavy atom. The summed E-state index contributed by atoms with van der Waals surface area (Å²) in [5, 5.41) is 7.05. The fourth-order valence-electron chi connectivity index (χ4n) is 2.00. The van der Waals surface area contributed by atoms with Gasteiger partial charge >= 0.3 is 0 Å². The molecule has 1 N–H and O–H groups in total. The topological polar surface area (TPSA) is 59.8 Å². The molecule has 0 saturated heterocycles. The molecule has 0 fully saturated rings. The van der Waals surface area contributed by atoms with E-state index in [4.69, 9.17) is 0 Å². The Morgan fingerprint density at radius 1 is 1.10 bits per heavy atom. The number of hydrogen-bond acceptors (Lipinski definition) is 3. The van der Waals surface area contributed by atoms with E-state index in [0.717, 1.165) is 11.3 Å². The van der Waals surface area contributed by atoms with Gasteiger partial charge in [-0.2, -0.15) is 5.10 Å². The minimum atomic E-state index is -0.110. The van der Waals surface area contributed by atoms with Crippen molar-refractivity contribution < 1.29 is 4.79 Å². The summed E-state index contributed by atoms with van der Waals surface area (Å²) in [5.41, 5.74) is 2.48. The van der Waals surface area contributed by atoms with Gasteiger partial charge in [0.25, 0.3) is 5.91 Å². The van der Waals surface area contributed by atoms with Gasteiger partial charge in [-0.15, -0.1) is 0 Å². The van der Waals surface area contributed by atoms with Crippen molar-refractivity contribution in [3.05, 3.63) is 78.4 Å². The zero-order valence-electron chi connectivity index (χ0n) is 11.3. The van der Waals surface area contributed by atoms with Crippen LogP contribution in [-0.2, 0) is 6.54 Å². The van der Waals surface area contributed by atoms with Gasteiger partial charge in [-0.3, -0.25) is 9.78 Å². The van der Waals surface area contributed by atoms with Gasteiger partial charge in [-0.1, -0.05) is 6.07 Å². The molecule has 0 aliphatic heterocycles. The molecular formula is C16H14N4O. The second-order valence-corrected chi connectivity index (χ2v) is 4.54. The highest BCUT2D eigenvalue weighted by atomic mass is 16.1. The van der Waals surface area contributed by atoms with Gasteiger partial charge in [0.2, 0.25) is 0 Å². The number of pyridine rings is 1. The van der Waals surface area contributed by atoms with Gasteiger partial charge in [0.1, 0.15) is 0 Å². The number of nitrogens with zero attached hydrogens (tertiary/aromatic N) is 3. The number of amides is 1. The number of carbonyl (C=O) groups is 1. The molecule has 0 aliphatic rings. The number of rotatable bonds is 4. The van der Waals surface area contributed by atoms with Crippen molar-refractivity contribution >= 4 is 5.91 Å². The number of aromatic nitrogens is 3. The van der Waals surface area contributed by atoms with Crippen molar-refractivity contribution in [2.45, 2.75) is 6.54 Å². The average Bonchev–Trinajstić information content (AvgIpc) is 3.08. The molecule has 2 heterocycles. The lowest BCUT2D eigenvalue weighted by atomic mass is 10.2. The van der Waals surface area contributed by atoms with Crippen molar-refractivity contribution in [1.82, 2.24) is 20.1 Å². The van der Waals surface area contributed by atoms with Gasteiger partial charge < -0.3 is 5.32 Å². The minimum Gasteiger partial charge on any atom is -0.348 e. The molecule has 0 bridgehead atoms. The Labute approximate surface area is 122 Å². The lowest BCUT2D eigenvalue weighted by Gasteiger charge is -2.07. The highest BCUT2D eigenvalue weighted by molar-refractivity contribution is 5.94. The first kappa shape index (κ1) is 13.1. The van der Waals surface area contributed by atoms with Crippen LogP contribution in [0.5, 0.6) is 0 Å². The number of benzene rings is 1. The Morgan fingerprint density at radius 2 is 1.95 bits per heavy atom. The highest BCUT2D eigenvalue weighted by Crippen LogP contribution is 2.09. The largest absolute Gasteiger partial charge is 0.348 e. The van der Waals surface area contributed by atoms with Crippen molar-refractivity contribution in [2.24, 2.45) is 0 Å². The molecule has 3 aromatic rings. The second kappa shape index (κ2) is 6.00. The number of carbonyl (C=O) groups excluding carboxylic acids is 1. The molecule has 1 aromatic carbocycles. The zero-order chi connectivity index (χ0) is 14.5. The first-order chi connectivity index (χ1) is 10.3. The zero-order valence-corrected chi connectivity index (χ0v) is 11.3. The first-order valence-corrected chi connectivity index (χ1v) is 6.60. The van der Waals surface area contributed by atoms with E-state index in [1.54, 1.807) is 29.3 Å². The minimum absolute atomic E-state index is 0.110. The Balaban J connectivity index is 1.72. The summed E-state index contributed by atoms with van der Waals surface area (Å²) in [6.07, 6.45) is 6.96. The molecule has 0 unspecified atom stereocenters. The maximum Gasteiger partial charge on any atom is 0.251 e. The Bertz CT molecular complexity index is 723. The third-order valence-corrected chi connectivity index (χ3v) is 3.08. The molecule has 21 heavy (non-hydrogen) atoms. The summed E-state index contributed by atoms with van der Waals surface area (Å²) in [5.74, 6) is -0.110. The third kappa shape index (κ3) is 3.14. The standard InChI is InChI=1S/C16H14N4O/c21-16(18-12-13-5-8-17-9-6-13)14-3-1-4-15(11-14)20-10-2-7-19-20/h1-11H,12H2,(H,18,21). The van der Waals surface area contributed by atoms with E-state index in [1.165, 1.54) is 0 Å². The average molecular weight is 278 g/mol. The molecule has 0 radical (unpaired) electrons. The molecule has 3 rings (SSSR count). The van der Waals surface area contributed by atoms with E-state index < -0.39 is 0 Å². The fraction of sp³-hybridized carbons (Fsp3) is 0.0625. The van der Waals surface area contributed by atoms with Gasteiger partial charge in [-0.25, -0.2) is 4.68 Å². The molecule has 104 valence electrons. The van der Waals surface area contributed by atoms with Gasteiger partial charge in [0, 0.05) is 36.9 Å². The highest BCUT2D eigenvalue weighted by Gasteiger charge is 2.06. The summed E-state index contributed by atoms with van der Waals surface area (Å²) in [7, 11) is 0. The van der Waals surface area contributed by atoms with Crippen LogP contribution in [-0.4, -0.2) is 20.7 Å². The lowest BCUT2D eigenvalue weighted by molar-refractivity contribution is 0.0951. The smallest absolute Gasteiger partial charge is 0.251 e. The van der Waals surface area contributed by atoms with Crippen molar-refractivity contribution in [3.63, 3.8) is 0 Å². The lowest BCUT2D eigenvalue weighted by Crippen LogP contribution is -2.22. The van der Waals surface area contributed by atoms with Gasteiger partial charge in [0.05, 0.1) is 5.69 Å². The normalized spacial score (nSPS) is 10.3. The molecule has 0 aliphatic carbocycles. The SMILES string of the molecule is O=C(NCc1ccncc1)c1cccc(-n2cccn2)c1. The van der Waals surface area contributed by atoms with E-state index in [0.29, 0.717) is 12.1 Å². The van der Waals surface area contributed by atoms with Crippen LogP contribution in [0.1, 0.15) is 15.9 Å². The molecular weight excluding hydrogens is 264 g/mol. The molecule has 1 amide bonds. The summed E-state index contributed by atoms with van der Waals surface area (Å²) < 4.78 is 1.72. The first-order valence-electron chi connectivity index (χ1n) is 6.60. The van der Waals surface area contributed by atoms with Crippen LogP contribution < -0.4 is 5.32 Å². The fourth-order valence-corrected chi connectivity index (χ4v) is 2.00. The van der Waals surface area contributed by atoms with Crippen LogP contribution in [0.4, 0.5) is 0 Å². The van der Waals surface area contributed by atoms with Crippen LogP contribution >= 0.6 is 0 Å². The predicted octanol–water partition coefficient (Wildman–Crippen LogP) is 2.20. The van der Waals surface area contributed by atoms with Crippen LogP contribution in [0, 0.1) is 0 Å². The van der Waals surface area contributed by atoms with Crippen LogP contribution in [0.25, 0.3) is 5.69 Å². The van der Waals surface area contributed by atoms with E-state index in [1.807, 2.05) is 42.6 Å². The van der Waals surface area contributed by atoms with Crippen molar-refractivity contribution in [3.8, 4) is 5.69 Å². The summed E-state index contributed by atoms with van der Waals surface area (Å²) in [4.78, 5) is 16.1. The van der Waals surface area contributed by atoms with E-state index in [-0.39, 0.29) is 5.91 Å². The van der Waals surface area contributed by atoms with E-state index >= 15 is 0 Å².